The van der Waals surface area contributed by atoms with E-state index in [9.17, 15) is 0 Å². The zero-order valence-electron chi connectivity index (χ0n) is 9.16. The van der Waals surface area contributed by atoms with Gasteiger partial charge in [-0.15, -0.1) is 0 Å². The van der Waals surface area contributed by atoms with E-state index >= 15 is 0 Å². The molecular formula is C13H18N2. The number of anilines is 1. The van der Waals surface area contributed by atoms with Gasteiger partial charge < -0.3 is 10.6 Å². The molecule has 2 aliphatic heterocycles. The van der Waals surface area contributed by atoms with E-state index in [0.29, 0.717) is 12.0 Å². The van der Waals surface area contributed by atoms with Crippen molar-refractivity contribution in [2.45, 2.75) is 25.3 Å². The molecule has 2 aliphatic rings. The van der Waals surface area contributed by atoms with Gasteiger partial charge in [-0.05, 0) is 37.1 Å². The first kappa shape index (κ1) is 9.22. The van der Waals surface area contributed by atoms with Crippen molar-refractivity contribution in [3.05, 3.63) is 29.8 Å². The summed E-state index contributed by atoms with van der Waals surface area (Å²) in [5, 5.41) is 7.18. The van der Waals surface area contributed by atoms with Crippen LogP contribution < -0.4 is 10.6 Å². The molecule has 1 fully saturated rings. The number of fused-ring (bicyclic) bond motifs is 3. The van der Waals surface area contributed by atoms with E-state index in [1.807, 2.05) is 0 Å². The molecule has 80 valence electrons. The van der Waals surface area contributed by atoms with Crippen LogP contribution >= 0.6 is 0 Å². The van der Waals surface area contributed by atoms with Gasteiger partial charge in [-0.2, -0.15) is 0 Å². The van der Waals surface area contributed by atoms with Crippen LogP contribution in [-0.4, -0.2) is 19.1 Å². The van der Waals surface area contributed by atoms with Crippen LogP contribution in [0.15, 0.2) is 24.3 Å². The van der Waals surface area contributed by atoms with Crippen molar-refractivity contribution in [1.29, 1.82) is 0 Å². The third-order valence-electron chi connectivity index (χ3n) is 3.81. The van der Waals surface area contributed by atoms with Gasteiger partial charge in [0.15, 0.2) is 0 Å². The van der Waals surface area contributed by atoms with Crippen LogP contribution in [0.2, 0.25) is 0 Å². The molecule has 1 aromatic carbocycles. The van der Waals surface area contributed by atoms with Gasteiger partial charge in [0.25, 0.3) is 0 Å². The van der Waals surface area contributed by atoms with Gasteiger partial charge in [-0.1, -0.05) is 25.1 Å². The molecule has 0 spiro atoms. The maximum Gasteiger partial charge on any atom is 0.0378 e. The Morgan fingerprint density at radius 2 is 2.13 bits per heavy atom. The Bertz CT molecular complexity index is 361. The van der Waals surface area contributed by atoms with Crippen molar-refractivity contribution >= 4 is 5.69 Å². The third kappa shape index (κ3) is 1.44. The number of benzene rings is 1. The predicted molar refractivity (Wildman–Crippen MR) is 63.2 cm³/mol. The van der Waals surface area contributed by atoms with Gasteiger partial charge in [-0.3, -0.25) is 0 Å². The summed E-state index contributed by atoms with van der Waals surface area (Å²) < 4.78 is 0. The van der Waals surface area contributed by atoms with E-state index in [1.54, 1.807) is 0 Å². The number of hydrogen-bond donors (Lipinski definition) is 2. The van der Waals surface area contributed by atoms with E-state index in [2.05, 4.69) is 41.8 Å². The smallest absolute Gasteiger partial charge is 0.0378 e. The second-order valence-corrected chi connectivity index (χ2v) is 4.83. The Morgan fingerprint density at radius 3 is 3.07 bits per heavy atom. The molecule has 2 heterocycles. The van der Waals surface area contributed by atoms with Crippen LogP contribution in [0.25, 0.3) is 0 Å². The summed E-state index contributed by atoms with van der Waals surface area (Å²) in [6.07, 6.45) is 1.24. The first-order valence-electron chi connectivity index (χ1n) is 5.92. The van der Waals surface area contributed by atoms with Crippen molar-refractivity contribution in [3.8, 4) is 0 Å². The van der Waals surface area contributed by atoms with Gasteiger partial charge >= 0.3 is 0 Å². The molecule has 0 saturated carbocycles. The topological polar surface area (TPSA) is 24.1 Å². The lowest BCUT2D eigenvalue weighted by atomic mass is 9.84. The molecule has 0 aliphatic carbocycles. The Kier molecular flexibility index (Phi) is 2.17. The van der Waals surface area contributed by atoms with Gasteiger partial charge in [0.05, 0.1) is 0 Å². The van der Waals surface area contributed by atoms with Gasteiger partial charge in [0.1, 0.15) is 0 Å². The fourth-order valence-electron chi connectivity index (χ4n) is 3.09. The molecular weight excluding hydrogens is 184 g/mol. The Hall–Kier alpha value is -1.02. The molecule has 2 N–H and O–H groups in total. The van der Waals surface area contributed by atoms with Crippen LogP contribution in [0.5, 0.6) is 0 Å². The van der Waals surface area contributed by atoms with Crippen LogP contribution in [-0.2, 0) is 0 Å². The summed E-state index contributed by atoms with van der Waals surface area (Å²) in [6.45, 7) is 4.66. The van der Waals surface area contributed by atoms with Crippen LogP contribution in [0, 0.1) is 5.92 Å². The minimum Gasteiger partial charge on any atom is -0.381 e. The summed E-state index contributed by atoms with van der Waals surface area (Å²) in [5.41, 5.74) is 2.89. The molecule has 2 heteroatoms. The maximum absolute atomic E-state index is 3.67. The number of nitrogens with one attached hydrogen (secondary N) is 2. The second kappa shape index (κ2) is 3.53. The summed E-state index contributed by atoms with van der Waals surface area (Å²) in [4.78, 5) is 0. The first-order valence-corrected chi connectivity index (χ1v) is 5.92. The standard InChI is InChI=1S/C13H18N2/c1-9-8-14-7-6-12-13(9)10-4-2-3-5-11(10)15-12/h2-5,9,12-15H,6-8H2,1H3. The quantitative estimate of drug-likeness (QED) is 0.674. The van der Waals surface area contributed by atoms with Crippen molar-refractivity contribution in [2.75, 3.05) is 18.4 Å². The number of rotatable bonds is 0. The molecule has 3 atom stereocenters. The van der Waals surface area contributed by atoms with Gasteiger partial charge in [0, 0.05) is 17.6 Å². The largest absolute Gasteiger partial charge is 0.381 e. The normalized spacial score (nSPS) is 33.8. The van der Waals surface area contributed by atoms with E-state index < -0.39 is 0 Å². The van der Waals surface area contributed by atoms with Gasteiger partial charge in [0.2, 0.25) is 0 Å². The maximum atomic E-state index is 3.67. The fourth-order valence-corrected chi connectivity index (χ4v) is 3.09. The molecule has 3 unspecified atom stereocenters. The number of hydrogen-bond acceptors (Lipinski definition) is 2. The lowest BCUT2D eigenvalue weighted by Crippen LogP contribution is -2.24. The highest BCUT2D eigenvalue weighted by Crippen LogP contribution is 2.42. The summed E-state index contributed by atoms with van der Waals surface area (Å²) in [5.74, 6) is 1.44. The van der Waals surface area contributed by atoms with Crippen LogP contribution in [0.3, 0.4) is 0 Å². The Morgan fingerprint density at radius 1 is 1.27 bits per heavy atom. The molecule has 1 saturated heterocycles. The zero-order chi connectivity index (χ0) is 10.3. The minimum atomic E-state index is 0.646. The Labute approximate surface area is 91.1 Å². The minimum absolute atomic E-state index is 0.646. The molecule has 0 bridgehead atoms. The first-order chi connectivity index (χ1) is 7.36. The van der Waals surface area contributed by atoms with E-state index in [0.717, 1.165) is 19.0 Å². The molecule has 0 amide bonds. The van der Waals surface area contributed by atoms with E-state index in [1.165, 1.54) is 17.7 Å². The predicted octanol–water partition coefficient (Wildman–Crippen LogP) is 2.19. The molecule has 2 nitrogen and oxygen atoms in total. The zero-order valence-corrected chi connectivity index (χ0v) is 9.16. The average Bonchev–Trinajstić information content (AvgIpc) is 2.53. The second-order valence-electron chi connectivity index (χ2n) is 4.83. The van der Waals surface area contributed by atoms with Crippen molar-refractivity contribution in [3.63, 3.8) is 0 Å². The van der Waals surface area contributed by atoms with Crippen molar-refractivity contribution in [2.24, 2.45) is 5.92 Å². The molecule has 0 aromatic heterocycles. The summed E-state index contributed by atoms with van der Waals surface area (Å²) in [6, 6.07) is 9.43. The van der Waals surface area contributed by atoms with E-state index in [-0.39, 0.29) is 0 Å². The highest BCUT2D eigenvalue weighted by atomic mass is 15.0. The molecule has 1 aromatic rings. The molecule has 0 radical (unpaired) electrons. The van der Waals surface area contributed by atoms with Crippen molar-refractivity contribution in [1.82, 2.24) is 5.32 Å². The summed E-state index contributed by atoms with van der Waals surface area (Å²) in [7, 11) is 0. The third-order valence-corrected chi connectivity index (χ3v) is 3.81. The van der Waals surface area contributed by atoms with Crippen molar-refractivity contribution < 1.29 is 0 Å². The highest BCUT2D eigenvalue weighted by Gasteiger charge is 2.36. The Balaban J connectivity index is 2.00. The van der Waals surface area contributed by atoms with Gasteiger partial charge in [-0.25, -0.2) is 0 Å². The molecule has 15 heavy (non-hydrogen) atoms. The molecule has 3 rings (SSSR count). The fraction of sp³-hybridized carbons (Fsp3) is 0.538. The SMILES string of the molecule is CC1CNCCC2Nc3ccccc3C12. The highest BCUT2D eigenvalue weighted by molar-refractivity contribution is 5.59. The average molecular weight is 202 g/mol. The van der Waals surface area contributed by atoms with E-state index in [4.69, 9.17) is 0 Å². The monoisotopic (exact) mass is 202 g/mol. The lowest BCUT2D eigenvalue weighted by Gasteiger charge is -2.22. The lowest BCUT2D eigenvalue weighted by molar-refractivity contribution is 0.443. The summed E-state index contributed by atoms with van der Waals surface area (Å²) >= 11 is 0. The number of para-hydroxylation sites is 1. The van der Waals surface area contributed by atoms with Crippen LogP contribution in [0.1, 0.15) is 24.8 Å². The van der Waals surface area contributed by atoms with Crippen LogP contribution in [0.4, 0.5) is 5.69 Å².